The van der Waals surface area contributed by atoms with E-state index in [2.05, 4.69) is 9.97 Å². The van der Waals surface area contributed by atoms with Gasteiger partial charge in [-0.15, -0.1) is 0 Å². The summed E-state index contributed by atoms with van der Waals surface area (Å²) in [6.07, 6.45) is 2.85. The Bertz CT molecular complexity index is 323. The van der Waals surface area contributed by atoms with Crippen LogP contribution in [0.25, 0.3) is 0 Å². The van der Waals surface area contributed by atoms with Gasteiger partial charge < -0.3 is 4.90 Å². The zero-order valence-corrected chi connectivity index (χ0v) is 9.12. The lowest BCUT2D eigenvalue weighted by molar-refractivity contribution is 0.0754. The average molecular weight is 214 g/mol. The van der Waals surface area contributed by atoms with Gasteiger partial charge in [0.25, 0.3) is 5.91 Å². The maximum Gasteiger partial charge on any atom is 0.256 e. The molecule has 4 nitrogen and oxygen atoms in total. The van der Waals surface area contributed by atoms with Crippen LogP contribution in [0.15, 0.2) is 12.4 Å². The van der Waals surface area contributed by atoms with E-state index in [1.807, 2.05) is 13.8 Å². The summed E-state index contributed by atoms with van der Waals surface area (Å²) in [7, 11) is 1.74. The van der Waals surface area contributed by atoms with E-state index in [0.717, 1.165) is 0 Å². The first kappa shape index (κ1) is 10.9. The summed E-state index contributed by atoms with van der Waals surface area (Å²) in [5.74, 6) is -0.100. The van der Waals surface area contributed by atoms with E-state index < -0.39 is 0 Å². The lowest BCUT2D eigenvalue weighted by Crippen LogP contribution is -2.33. The van der Waals surface area contributed by atoms with Gasteiger partial charge in [0.15, 0.2) is 0 Å². The van der Waals surface area contributed by atoms with Crippen molar-refractivity contribution < 1.29 is 4.79 Å². The van der Waals surface area contributed by atoms with E-state index in [1.165, 1.54) is 12.4 Å². The van der Waals surface area contributed by atoms with Crippen molar-refractivity contribution in [1.29, 1.82) is 0 Å². The summed E-state index contributed by atoms with van der Waals surface area (Å²) in [4.78, 5) is 20.8. The van der Waals surface area contributed by atoms with E-state index in [4.69, 9.17) is 11.6 Å². The monoisotopic (exact) mass is 213 g/mol. The van der Waals surface area contributed by atoms with Crippen LogP contribution in [-0.4, -0.2) is 33.9 Å². The van der Waals surface area contributed by atoms with Gasteiger partial charge in [0.1, 0.15) is 0 Å². The number of amides is 1. The van der Waals surface area contributed by atoms with Crippen LogP contribution < -0.4 is 0 Å². The van der Waals surface area contributed by atoms with Crippen LogP contribution in [0.3, 0.4) is 0 Å². The van der Waals surface area contributed by atoms with Gasteiger partial charge in [0.05, 0.1) is 5.56 Å². The molecule has 1 heterocycles. The Kier molecular flexibility index (Phi) is 3.41. The summed E-state index contributed by atoms with van der Waals surface area (Å²) < 4.78 is 0. The molecule has 0 atom stereocenters. The second-order valence-corrected chi connectivity index (χ2v) is 3.59. The summed E-state index contributed by atoms with van der Waals surface area (Å²) in [5, 5.41) is 0.147. The predicted octanol–water partition coefficient (Wildman–Crippen LogP) is 1.61. The molecule has 1 amide bonds. The van der Waals surface area contributed by atoms with E-state index in [-0.39, 0.29) is 17.2 Å². The van der Waals surface area contributed by atoms with Crippen LogP contribution in [0, 0.1) is 0 Å². The predicted molar refractivity (Wildman–Crippen MR) is 54.3 cm³/mol. The highest BCUT2D eigenvalue weighted by Gasteiger charge is 2.14. The SMILES string of the molecule is CC(C)N(C)C(=O)c1cnc(Cl)nc1. The molecule has 0 bridgehead atoms. The number of nitrogens with zero attached hydrogens (tertiary/aromatic N) is 3. The van der Waals surface area contributed by atoms with Crippen molar-refractivity contribution in [2.24, 2.45) is 0 Å². The fraction of sp³-hybridized carbons (Fsp3) is 0.444. The van der Waals surface area contributed by atoms with E-state index in [0.29, 0.717) is 5.56 Å². The molecule has 0 aliphatic carbocycles. The molecule has 14 heavy (non-hydrogen) atoms. The largest absolute Gasteiger partial charge is 0.339 e. The van der Waals surface area contributed by atoms with E-state index >= 15 is 0 Å². The Morgan fingerprint density at radius 2 is 1.93 bits per heavy atom. The fourth-order valence-electron chi connectivity index (χ4n) is 0.861. The number of hydrogen-bond donors (Lipinski definition) is 0. The standard InChI is InChI=1S/C9H12ClN3O/c1-6(2)13(3)8(14)7-4-11-9(10)12-5-7/h4-6H,1-3H3. The normalized spacial score (nSPS) is 10.4. The number of hydrogen-bond acceptors (Lipinski definition) is 3. The number of carbonyl (C=O) groups is 1. The zero-order valence-electron chi connectivity index (χ0n) is 8.36. The summed E-state index contributed by atoms with van der Waals surface area (Å²) in [6, 6.07) is 0.151. The molecule has 0 saturated heterocycles. The van der Waals surface area contributed by atoms with Crippen molar-refractivity contribution in [2.75, 3.05) is 7.05 Å². The number of rotatable bonds is 2. The lowest BCUT2D eigenvalue weighted by Gasteiger charge is -2.20. The molecule has 0 N–H and O–H groups in total. The van der Waals surface area contributed by atoms with Gasteiger partial charge in [-0.25, -0.2) is 9.97 Å². The molecule has 0 spiro atoms. The van der Waals surface area contributed by atoms with Crippen molar-refractivity contribution in [1.82, 2.24) is 14.9 Å². The van der Waals surface area contributed by atoms with Crippen LogP contribution >= 0.6 is 11.6 Å². The molecule has 1 aromatic heterocycles. The molecule has 0 aromatic carbocycles. The molecular weight excluding hydrogens is 202 g/mol. The Labute approximate surface area is 87.9 Å². The Morgan fingerprint density at radius 3 is 2.36 bits per heavy atom. The van der Waals surface area contributed by atoms with Crippen LogP contribution in [0.1, 0.15) is 24.2 Å². The summed E-state index contributed by atoms with van der Waals surface area (Å²) >= 11 is 5.51. The number of carbonyl (C=O) groups excluding carboxylic acids is 1. The first-order valence-corrected chi connectivity index (χ1v) is 4.65. The topological polar surface area (TPSA) is 46.1 Å². The quantitative estimate of drug-likeness (QED) is 0.702. The molecular formula is C9H12ClN3O. The van der Waals surface area contributed by atoms with Crippen molar-refractivity contribution in [3.63, 3.8) is 0 Å². The minimum atomic E-state index is -0.100. The Morgan fingerprint density at radius 1 is 1.43 bits per heavy atom. The lowest BCUT2D eigenvalue weighted by atomic mass is 10.2. The summed E-state index contributed by atoms with van der Waals surface area (Å²) in [6.45, 7) is 3.88. The zero-order chi connectivity index (χ0) is 10.7. The molecule has 5 heteroatoms. The molecule has 1 aromatic rings. The van der Waals surface area contributed by atoms with Crippen LogP contribution in [-0.2, 0) is 0 Å². The van der Waals surface area contributed by atoms with Crippen molar-refractivity contribution in [3.05, 3.63) is 23.2 Å². The van der Waals surface area contributed by atoms with Gasteiger partial charge in [-0.05, 0) is 25.4 Å². The van der Waals surface area contributed by atoms with Gasteiger partial charge in [0, 0.05) is 25.5 Å². The van der Waals surface area contributed by atoms with Crippen LogP contribution in [0.5, 0.6) is 0 Å². The second-order valence-electron chi connectivity index (χ2n) is 3.25. The van der Waals surface area contributed by atoms with Gasteiger partial charge in [-0.2, -0.15) is 0 Å². The summed E-state index contributed by atoms with van der Waals surface area (Å²) in [5.41, 5.74) is 0.450. The minimum Gasteiger partial charge on any atom is -0.339 e. The third kappa shape index (κ3) is 2.42. The first-order valence-electron chi connectivity index (χ1n) is 4.27. The molecule has 0 fully saturated rings. The molecule has 0 saturated carbocycles. The molecule has 0 aliphatic rings. The number of halogens is 1. The highest BCUT2D eigenvalue weighted by atomic mass is 35.5. The van der Waals surface area contributed by atoms with Crippen molar-refractivity contribution >= 4 is 17.5 Å². The second kappa shape index (κ2) is 4.37. The minimum absolute atomic E-state index is 0.100. The van der Waals surface area contributed by atoms with Gasteiger partial charge >= 0.3 is 0 Å². The highest BCUT2D eigenvalue weighted by molar-refractivity contribution is 6.28. The maximum absolute atomic E-state index is 11.7. The van der Waals surface area contributed by atoms with Crippen LogP contribution in [0.2, 0.25) is 5.28 Å². The molecule has 0 unspecified atom stereocenters. The van der Waals surface area contributed by atoms with Gasteiger partial charge in [0.2, 0.25) is 5.28 Å². The smallest absolute Gasteiger partial charge is 0.256 e. The van der Waals surface area contributed by atoms with Crippen LogP contribution in [0.4, 0.5) is 0 Å². The van der Waals surface area contributed by atoms with Crippen molar-refractivity contribution in [3.8, 4) is 0 Å². The molecule has 76 valence electrons. The fourth-order valence-corrected chi connectivity index (χ4v) is 0.958. The average Bonchev–Trinajstić information content (AvgIpc) is 2.16. The third-order valence-electron chi connectivity index (χ3n) is 1.96. The molecule has 0 aliphatic heterocycles. The highest BCUT2D eigenvalue weighted by Crippen LogP contribution is 2.05. The number of aromatic nitrogens is 2. The molecule has 0 radical (unpaired) electrons. The van der Waals surface area contributed by atoms with E-state index in [1.54, 1.807) is 11.9 Å². The van der Waals surface area contributed by atoms with Gasteiger partial charge in [-0.3, -0.25) is 4.79 Å². The van der Waals surface area contributed by atoms with E-state index in [9.17, 15) is 4.79 Å². The molecule has 1 rings (SSSR count). The maximum atomic E-state index is 11.7. The third-order valence-corrected chi connectivity index (χ3v) is 2.16. The Hall–Kier alpha value is -1.16. The van der Waals surface area contributed by atoms with Crippen molar-refractivity contribution in [2.45, 2.75) is 19.9 Å². The Balaban J connectivity index is 2.84. The van der Waals surface area contributed by atoms with Gasteiger partial charge in [-0.1, -0.05) is 0 Å². The first-order chi connectivity index (χ1) is 6.52.